The maximum Gasteiger partial charge on any atom is 0.163 e. The predicted molar refractivity (Wildman–Crippen MR) is 121 cm³/mol. The van der Waals surface area contributed by atoms with E-state index in [-0.39, 0.29) is 6.61 Å². The average Bonchev–Trinajstić information content (AvgIpc) is 3.16. The monoisotopic (exact) mass is 461 g/mol. The summed E-state index contributed by atoms with van der Waals surface area (Å²) in [5.41, 5.74) is 4.69. The molecule has 1 aromatic heterocycles. The molecule has 2 aromatic carbocycles. The Balaban J connectivity index is 1.78. The Kier molecular flexibility index (Phi) is 6.88. The first kappa shape index (κ1) is 23.2. The first-order valence-corrected chi connectivity index (χ1v) is 11.0. The molecule has 0 radical (unpaired) electrons. The first-order chi connectivity index (χ1) is 15.3. The zero-order valence-electron chi connectivity index (χ0n) is 17.7. The van der Waals surface area contributed by atoms with Gasteiger partial charge in [0, 0.05) is 18.2 Å². The maximum absolute atomic E-state index is 10.7. The van der Waals surface area contributed by atoms with Gasteiger partial charge in [-0.15, -0.1) is 0 Å². The van der Waals surface area contributed by atoms with Gasteiger partial charge >= 0.3 is 0 Å². The highest BCUT2D eigenvalue weighted by molar-refractivity contribution is 6.35. The molecule has 2 heterocycles. The fourth-order valence-electron chi connectivity index (χ4n) is 4.43. The second-order valence-corrected chi connectivity index (χ2v) is 8.74. The summed E-state index contributed by atoms with van der Waals surface area (Å²) in [6.07, 6.45) is -3.28. The van der Waals surface area contributed by atoms with E-state index in [2.05, 4.69) is 0 Å². The van der Waals surface area contributed by atoms with Gasteiger partial charge in [-0.1, -0.05) is 41.9 Å². The Hall–Kier alpha value is -1.97. The molecule has 0 aliphatic carbocycles. The summed E-state index contributed by atoms with van der Waals surface area (Å²) in [7, 11) is 0. The quantitative estimate of drug-likeness (QED) is 0.381. The summed E-state index contributed by atoms with van der Waals surface area (Å²) < 4.78 is 7.54. The van der Waals surface area contributed by atoms with E-state index in [1.54, 1.807) is 4.57 Å². The van der Waals surface area contributed by atoms with E-state index < -0.39 is 37.3 Å². The summed E-state index contributed by atoms with van der Waals surface area (Å²) in [5, 5.41) is 51.2. The molecule has 4 rings (SSSR count). The number of aromatic nitrogens is 1. The van der Waals surface area contributed by atoms with E-state index in [9.17, 15) is 20.4 Å². The molecule has 0 spiro atoms. The Labute approximate surface area is 191 Å². The van der Waals surface area contributed by atoms with Gasteiger partial charge in [0.15, 0.2) is 6.23 Å². The van der Waals surface area contributed by atoms with Crippen molar-refractivity contribution >= 4 is 22.5 Å². The lowest BCUT2D eigenvalue weighted by atomic mass is 9.98. The average molecular weight is 462 g/mol. The third-order valence-corrected chi connectivity index (χ3v) is 6.48. The molecule has 3 aromatic rings. The number of rotatable bonds is 6. The zero-order chi connectivity index (χ0) is 23.0. The fourth-order valence-corrected chi connectivity index (χ4v) is 4.70. The van der Waals surface area contributed by atoms with Crippen molar-refractivity contribution in [1.29, 1.82) is 0 Å². The highest BCUT2D eigenvalue weighted by atomic mass is 35.5. The number of benzene rings is 2. The van der Waals surface area contributed by atoms with Gasteiger partial charge in [0.1, 0.15) is 24.4 Å². The van der Waals surface area contributed by atoms with Crippen molar-refractivity contribution in [3.63, 3.8) is 0 Å². The van der Waals surface area contributed by atoms with Crippen LogP contribution < -0.4 is 0 Å². The molecule has 1 aliphatic heterocycles. The number of fused-ring (bicyclic) bond motifs is 1. The molecule has 1 fully saturated rings. The molecule has 7 nitrogen and oxygen atoms in total. The summed E-state index contributed by atoms with van der Waals surface area (Å²) in [6, 6.07) is 11.7. The minimum absolute atomic E-state index is 0.0980. The number of hydrogen-bond acceptors (Lipinski definition) is 6. The van der Waals surface area contributed by atoms with Gasteiger partial charge in [0.2, 0.25) is 0 Å². The second kappa shape index (κ2) is 9.49. The van der Waals surface area contributed by atoms with Gasteiger partial charge in [0.05, 0.1) is 17.1 Å². The molecule has 172 valence electrons. The summed E-state index contributed by atoms with van der Waals surface area (Å²) in [6.45, 7) is 1.53. The van der Waals surface area contributed by atoms with Crippen molar-refractivity contribution in [2.75, 3.05) is 13.2 Å². The van der Waals surface area contributed by atoms with Crippen molar-refractivity contribution in [3.8, 4) is 0 Å². The van der Waals surface area contributed by atoms with Gasteiger partial charge in [-0.3, -0.25) is 0 Å². The second-order valence-electron chi connectivity index (χ2n) is 8.34. The number of aryl methyl sites for hydroxylation is 1. The largest absolute Gasteiger partial charge is 0.396 e. The van der Waals surface area contributed by atoms with E-state index in [1.807, 2.05) is 49.5 Å². The van der Waals surface area contributed by atoms with Crippen LogP contribution in [-0.4, -0.2) is 67.7 Å². The van der Waals surface area contributed by atoms with Crippen LogP contribution in [0.4, 0.5) is 0 Å². The highest BCUT2D eigenvalue weighted by Crippen LogP contribution is 2.38. The van der Waals surface area contributed by atoms with Gasteiger partial charge in [-0.25, -0.2) is 0 Å². The molecule has 5 N–H and O–H groups in total. The molecule has 1 saturated heterocycles. The normalized spacial score (nSPS) is 26.0. The van der Waals surface area contributed by atoms with Crippen molar-refractivity contribution in [1.82, 2.24) is 4.57 Å². The van der Waals surface area contributed by atoms with Crippen LogP contribution in [0.3, 0.4) is 0 Å². The zero-order valence-corrected chi connectivity index (χ0v) is 18.5. The predicted octanol–water partition coefficient (Wildman–Crippen LogP) is 1.70. The minimum Gasteiger partial charge on any atom is -0.396 e. The Morgan fingerprint density at radius 3 is 2.28 bits per heavy atom. The maximum atomic E-state index is 10.7. The SMILES string of the molecule is Cc1ccc(Cl)c2c(Cc3ccc(CCO)cc3)cn([C@@H]3O[C@H](CO)[C@@H](O)[C@H](O)[C@H]3O)c12. The lowest BCUT2D eigenvalue weighted by Crippen LogP contribution is -2.56. The molecular formula is C24H28ClNO6. The fraction of sp³-hybridized carbons (Fsp3) is 0.417. The third-order valence-electron chi connectivity index (χ3n) is 6.16. The topological polar surface area (TPSA) is 115 Å². The molecule has 8 heteroatoms. The molecule has 0 bridgehead atoms. The van der Waals surface area contributed by atoms with Crippen LogP contribution in [0.2, 0.25) is 5.02 Å². The molecule has 1 aliphatic rings. The summed E-state index contributed by atoms with van der Waals surface area (Å²) in [5.74, 6) is 0. The van der Waals surface area contributed by atoms with E-state index in [0.29, 0.717) is 17.9 Å². The number of aliphatic hydroxyl groups is 5. The molecule has 0 unspecified atom stereocenters. The van der Waals surface area contributed by atoms with Gasteiger partial charge in [0.25, 0.3) is 0 Å². The van der Waals surface area contributed by atoms with Crippen LogP contribution in [0.15, 0.2) is 42.6 Å². The van der Waals surface area contributed by atoms with Crippen LogP contribution in [0.1, 0.15) is 28.5 Å². The highest BCUT2D eigenvalue weighted by Gasteiger charge is 2.44. The van der Waals surface area contributed by atoms with Crippen molar-refractivity contribution in [2.45, 2.75) is 50.4 Å². The number of halogens is 1. The van der Waals surface area contributed by atoms with Crippen LogP contribution >= 0.6 is 11.6 Å². The number of ether oxygens (including phenoxy) is 1. The van der Waals surface area contributed by atoms with Gasteiger partial charge in [-0.2, -0.15) is 0 Å². The smallest absolute Gasteiger partial charge is 0.163 e. The van der Waals surface area contributed by atoms with E-state index in [1.165, 1.54) is 0 Å². The van der Waals surface area contributed by atoms with Gasteiger partial charge in [-0.05, 0) is 48.1 Å². The van der Waals surface area contributed by atoms with Gasteiger partial charge < -0.3 is 34.8 Å². The molecular weight excluding hydrogens is 434 g/mol. The molecule has 0 saturated carbocycles. The lowest BCUT2D eigenvalue weighted by molar-refractivity contribution is -0.250. The summed E-state index contributed by atoms with van der Waals surface area (Å²) in [4.78, 5) is 0. The Morgan fingerprint density at radius 2 is 1.62 bits per heavy atom. The molecule has 0 amide bonds. The molecule has 32 heavy (non-hydrogen) atoms. The minimum atomic E-state index is -1.47. The van der Waals surface area contributed by atoms with Crippen LogP contribution in [0.25, 0.3) is 10.9 Å². The van der Waals surface area contributed by atoms with Crippen LogP contribution in [0, 0.1) is 6.92 Å². The lowest BCUT2D eigenvalue weighted by Gasteiger charge is -2.40. The van der Waals surface area contributed by atoms with Crippen LogP contribution in [0.5, 0.6) is 0 Å². The van der Waals surface area contributed by atoms with Crippen molar-refractivity contribution in [2.24, 2.45) is 0 Å². The molecule has 5 atom stereocenters. The Bertz CT molecular complexity index is 1080. The first-order valence-electron chi connectivity index (χ1n) is 10.6. The number of nitrogens with zero attached hydrogens (tertiary/aromatic N) is 1. The number of hydrogen-bond donors (Lipinski definition) is 5. The van der Waals surface area contributed by atoms with Crippen molar-refractivity contribution in [3.05, 3.63) is 69.9 Å². The van der Waals surface area contributed by atoms with E-state index in [0.717, 1.165) is 33.2 Å². The third kappa shape index (κ3) is 4.18. The van der Waals surface area contributed by atoms with E-state index in [4.69, 9.17) is 21.4 Å². The van der Waals surface area contributed by atoms with Crippen molar-refractivity contribution < 1.29 is 30.3 Å². The van der Waals surface area contributed by atoms with E-state index >= 15 is 0 Å². The Morgan fingerprint density at radius 1 is 0.938 bits per heavy atom. The van der Waals surface area contributed by atoms with Crippen LogP contribution in [-0.2, 0) is 17.6 Å². The summed E-state index contributed by atoms with van der Waals surface area (Å²) >= 11 is 6.59. The number of aliphatic hydroxyl groups excluding tert-OH is 5. The standard InChI is InChI=1S/C24H28ClNO6/c1-13-2-7-17(25)19-16(10-15-5-3-14(4-6-15)8-9-27)11-26(20(13)19)24-23(31)22(30)21(29)18(12-28)32-24/h2-7,11,18,21-24,27-31H,8-10,12H2,1H3/t18-,21-,22+,23-,24-/m1/s1.